The lowest BCUT2D eigenvalue weighted by atomic mass is 10.1. The number of anilines is 2. The van der Waals surface area contributed by atoms with E-state index in [1.165, 1.54) is 23.8 Å². The van der Waals surface area contributed by atoms with E-state index in [0.29, 0.717) is 91.0 Å². The van der Waals surface area contributed by atoms with E-state index in [-0.39, 0.29) is 43.4 Å². The minimum Gasteiger partial charge on any atom is -0.491 e. The van der Waals surface area contributed by atoms with Gasteiger partial charge in [-0.1, -0.05) is 18.2 Å². The van der Waals surface area contributed by atoms with Crippen molar-refractivity contribution in [3.05, 3.63) is 77.0 Å². The lowest BCUT2D eigenvalue weighted by molar-refractivity contribution is -0.139. The number of alkyl halides is 3. The Morgan fingerprint density at radius 1 is 0.839 bits per heavy atom. The molecule has 0 unspecified atom stereocenters. The van der Waals surface area contributed by atoms with Gasteiger partial charge in [-0.2, -0.15) is 17.9 Å². The molecule has 1 aliphatic rings. The lowest BCUT2D eigenvalue weighted by Crippen LogP contribution is -2.42. The van der Waals surface area contributed by atoms with Gasteiger partial charge < -0.3 is 54.6 Å². The van der Waals surface area contributed by atoms with Gasteiger partial charge in [-0.15, -0.1) is 0 Å². The Kier molecular flexibility index (Phi) is 21.8. The molecule has 344 valence electrons. The smallest absolute Gasteiger partial charge is 0.416 e. The van der Waals surface area contributed by atoms with Crippen LogP contribution in [0.4, 0.5) is 24.7 Å². The molecular weight excluding hydrogens is 844 g/mol. The molecule has 0 spiro atoms. The second kappa shape index (κ2) is 26.9. The number of benzene rings is 2. The van der Waals surface area contributed by atoms with E-state index in [9.17, 15) is 36.3 Å². The fraction of sp³-hybridized carbons (Fsp3) is 0.537. The van der Waals surface area contributed by atoms with Crippen LogP contribution in [0.2, 0.25) is 0 Å². The van der Waals surface area contributed by atoms with Crippen LogP contribution in [-0.4, -0.2) is 135 Å². The standard InChI is InChI=1S/C41H56F3N5O12S/c42-41(43,44)32-5-1-7-34(28-32)62(53,54)49-36(40(51)52)27-30-8-11-37(61-14-3-6-33-10-9-31-4-2-13-46-39(31)47-33)35(26-30)48-38(50)29-60-25-24-59-23-22-58-21-20-57-19-18-56-17-16-55-15-12-45/h1,5,7-11,26,28,36,49H,2-4,6,12-25,27,29,45H2,(H,46,47)(H,48,50)(H,51,52)/t36-/m0/s1. The summed E-state index contributed by atoms with van der Waals surface area (Å²) in [7, 11) is -4.70. The second-order valence-electron chi connectivity index (χ2n) is 13.8. The van der Waals surface area contributed by atoms with E-state index < -0.39 is 51.0 Å². The van der Waals surface area contributed by atoms with E-state index in [2.05, 4.69) is 16.7 Å². The third-order valence-corrected chi connectivity index (χ3v) is 10.4. The number of carboxylic acids is 1. The average molecular weight is 900 g/mol. The third kappa shape index (κ3) is 18.5. The predicted molar refractivity (Wildman–Crippen MR) is 221 cm³/mol. The average Bonchev–Trinajstić information content (AvgIpc) is 3.24. The van der Waals surface area contributed by atoms with Crippen molar-refractivity contribution < 1.29 is 69.4 Å². The molecular formula is C41H56F3N5O12S. The monoisotopic (exact) mass is 899 g/mol. The van der Waals surface area contributed by atoms with Crippen molar-refractivity contribution in [2.24, 2.45) is 5.73 Å². The third-order valence-electron chi connectivity index (χ3n) is 8.97. The lowest BCUT2D eigenvalue weighted by Gasteiger charge is -2.18. The SMILES string of the molecule is NCCOCCOCCOCCOCCOCCOCC(=O)Nc1cc(C[C@H](NS(=O)(=O)c2cccc(C(F)(F)F)c2)C(=O)O)ccc1OCCCc1ccc2c(n1)NCCC2. The number of halogens is 3. The van der Waals surface area contributed by atoms with E-state index in [4.69, 9.17) is 43.9 Å². The van der Waals surface area contributed by atoms with Crippen molar-refractivity contribution in [3.63, 3.8) is 0 Å². The summed E-state index contributed by atoms with van der Waals surface area (Å²) in [6.07, 6.45) is -2.05. The minimum atomic E-state index is -4.82. The van der Waals surface area contributed by atoms with Gasteiger partial charge in [-0.25, -0.2) is 13.4 Å². The molecule has 17 nitrogen and oxygen atoms in total. The number of carbonyl (C=O) groups excluding carboxylic acids is 1. The molecule has 0 aliphatic carbocycles. The zero-order valence-electron chi connectivity index (χ0n) is 34.4. The minimum absolute atomic E-state index is 0.0930. The first kappa shape index (κ1) is 50.2. The molecule has 21 heteroatoms. The Morgan fingerprint density at radius 3 is 2.11 bits per heavy atom. The summed E-state index contributed by atoms with van der Waals surface area (Å²) >= 11 is 0. The van der Waals surface area contributed by atoms with Crippen LogP contribution in [0.15, 0.2) is 59.5 Å². The number of aliphatic carboxylic acids is 1. The molecule has 1 aliphatic heterocycles. The van der Waals surface area contributed by atoms with Crippen molar-refractivity contribution in [2.75, 3.05) is 110 Å². The van der Waals surface area contributed by atoms with Crippen molar-refractivity contribution in [2.45, 2.75) is 49.2 Å². The maximum absolute atomic E-state index is 13.3. The summed E-state index contributed by atoms with van der Waals surface area (Å²) < 4.78 is 106. The number of rotatable bonds is 31. The first-order chi connectivity index (χ1) is 29.9. The summed E-state index contributed by atoms with van der Waals surface area (Å²) in [6.45, 7) is 5.20. The van der Waals surface area contributed by atoms with Crippen LogP contribution in [0.3, 0.4) is 0 Å². The number of ether oxygens (including phenoxy) is 7. The summed E-state index contributed by atoms with van der Waals surface area (Å²) in [5.41, 5.74) is 6.62. The van der Waals surface area contributed by atoms with Crippen LogP contribution < -0.4 is 25.8 Å². The molecule has 0 saturated heterocycles. The van der Waals surface area contributed by atoms with Crippen LogP contribution in [0, 0.1) is 0 Å². The number of carboxylic acid groups (broad SMARTS) is 1. The molecule has 1 amide bonds. The van der Waals surface area contributed by atoms with Gasteiger partial charge >= 0.3 is 12.1 Å². The van der Waals surface area contributed by atoms with E-state index in [1.54, 1.807) is 0 Å². The number of hydrogen-bond acceptors (Lipinski definition) is 14. The zero-order valence-corrected chi connectivity index (χ0v) is 35.2. The van der Waals surface area contributed by atoms with Crippen molar-refractivity contribution in [1.82, 2.24) is 9.71 Å². The molecule has 2 heterocycles. The van der Waals surface area contributed by atoms with Crippen LogP contribution in [-0.2, 0) is 73.5 Å². The van der Waals surface area contributed by atoms with Crippen LogP contribution in [0.25, 0.3) is 0 Å². The largest absolute Gasteiger partial charge is 0.491 e. The number of aromatic nitrogens is 1. The number of fused-ring (bicyclic) bond motifs is 1. The number of aryl methyl sites for hydroxylation is 2. The molecule has 0 saturated carbocycles. The van der Waals surface area contributed by atoms with Crippen molar-refractivity contribution in [1.29, 1.82) is 0 Å². The fourth-order valence-electron chi connectivity index (χ4n) is 5.92. The van der Waals surface area contributed by atoms with Gasteiger partial charge in [0.2, 0.25) is 15.9 Å². The number of carbonyl (C=O) groups is 2. The number of pyridine rings is 1. The Bertz CT molecular complexity index is 1940. The van der Waals surface area contributed by atoms with Gasteiger partial charge in [0.05, 0.1) is 95.4 Å². The van der Waals surface area contributed by atoms with Gasteiger partial charge in [0.1, 0.15) is 24.2 Å². The maximum atomic E-state index is 13.3. The highest BCUT2D eigenvalue weighted by Gasteiger charge is 2.33. The van der Waals surface area contributed by atoms with Gasteiger partial charge in [0, 0.05) is 18.8 Å². The molecule has 1 atom stereocenters. The van der Waals surface area contributed by atoms with E-state index in [1.807, 2.05) is 10.8 Å². The fourth-order valence-corrected chi connectivity index (χ4v) is 7.15. The summed E-state index contributed by atoms with van der Waals surface area (Å²) in [6, 6.07) is 9.66. The highest BCUT2D eigenvalue weighted by Crippen LogP contribution is 2.31. The second-order valence-corrected chi connectivity index (χ2v) is 15.5. The highest BCUT2D eigenvalue weighted by molar-refractivity contribution is 7.89. The Morgan fingerprint density at radius 2 is 1.48 bits per heavy atom. The topological polar surface area (TPSA) is 228 Å². The highest BCUT2D eigenvalue weighted by atomic mass is 32.2. The number of amides is 1. The van der Waals surface area contributed by atoms with Gasteiger partial charge in [-0.3, -0.25) is 9.59 Å². The summed E-state index contributed by atoms with van der Waals surface area (Å²) in [4.78, 5) is 29.2. The van der Waals surface area contributed by atoms with E-state index in [0.717, 1.165) is 43.0 Å². The Hall–Kier alpha value is -4.45. The number of nitrogens with two attached hydrogens (primary N) is 1. The molecule has 62 heavy (non-hydrogen) atoms. The molecule has 1 aromatic heterocycles. The quantitative estimate of drug-likeness (QED) is 0.0583. The Labute approximate surface area is 359 Å². The first-order valence-electron chi connectivity index (χ1n) is 20.2. The van der Waals surface area contributed by atoms with Gasteiger partial charge in [-0.05, 0) is 79.6 Å². The van der Waals surface area contributed by atoms with E-state index >= 15 is 0 Å². The van der Waals surface area contributed by atoms with Crippen LogP contribution >= 0.6 is 0 Å². The first-order valence-corrected chi connectivity index (χ1v) is 21.7. The van der Waals surface area contributed by atoms with Crippen LogP contribution in [0.1, 0.15) is 35.2 Å². The molecule has 0 radical (unpaired) electrons. The molecule has 3 aromatic rings. The zero-order chi connectivity index (χ0) is 44.6. The Balaban J connectivity index is 1.26. The summed E-state index contributed by atoms with van der Waals surface area (Å²) in [5, 5.41) is 15.9. The van der Waals surface area contributed by atoms with Crippen LogP contribution in [0.5, 0.6) is 5.75 Å². The normalized spacial score (nSPS) is 13.3. The van der Waals surface area contributed by atoms with Crippen molar-refractivity contribution in [3.8, 4) is 5.75 Å². The molecule has 4 rings (SSSR count). The number of nitrogens with zero attached hydrogens (tertiary/aromatic N) is 1. The molecule has 0 bridgehead atoms. The molecule has 2 aromatic carbocycles. The van der Waals surface area contributed by atoms with Crippen molar-refractivity contribution >= 4 is 33.4 Å². The molecule has 6 N–H and O–H groups in total. The number of nitrogens with one attached hydrogen (secondary N) is 3. The number of hydrogen-bond donors (Lipinski definition) is 5. The summed E-state index contributed by atoms with van der Waals surface area (Å²) in [5.74, 6) is -1.00. The van der Waals surface area contributed by atoms with Gasteiger partial charge in [0.25, 0.3) is 0 Å². The number of sulfonamides is 1. The maximum Gasteiger partial charge on any atom is 0.416 e. The molecule has 0 fully saturated rings. The van der Waals surface area contributed by atoms with Gasteiger partial charge in [0.15, 0.2) is 0 Å². The predicted octanol–water partition coefficient (Wildman–Crippen LogP) is 3.44.